The lowest BCUT2D eigenvalue weighted by atomic mass is 10.4. The van der Waals surface area contributed by atoms with E-state index >= 15 is 0 Å². The monoisotopic (exact) mass is 256 g/mol. The molecule has 0 aliphatic heterocycles. The van der Waals surface area contributed by atoms with Crippen LogP contribution in [0.5, 0.6) is 0 Å². The summed E-state index contributed by atoms with van der Waals surface area (Å²) in [6.45, 7) is 1.78. The first-order chi connectivity index (χ1) is 7.52. The van der Waals surface area contributed by atoms with Crippen LogP contribution in [0.1, 0.15) is 11.8 Å². The van der Waals surface area contributed by atoms with Crippen LogP contribution >= 0.6 is 23.1 Å². The summed E-state index contributed by atoms with van der Waals surface area (Å²) in [4.78, 5) is 24.5. The van der Waals surface area contributed by atoms with Crippen LogP contribution in [0.3, 0.4) is 0 Å². The van der Waals surface area contributed by atoms with E-state index in [-0.39, 0.29) is 0 Å². The van der Waals surface area contributed by atoms with Gasteiger partial charge in [-0.3, -0.25) is 4.79 Å². The van der Waals surface area contributed by atoms with Gasteiger partial charge < -0.3 is 4.90 Å². The molecule has 0 saturated carbocycles. The average molecular weight is 256 g/mol. The van der Waals surface area contributed by atoms with Gasteiger partial charge in [0, 0.05) is 24.1 Å². The van der Waals surface area contributed by atoms with Crippen LogP contribution in [-0.2, 0) is 0 Å². The normalized spacial score (nSPS) is 11.3. The highest BCUT2D eigenvalue weighted by molar-refractivity contribution is 8.17. The molecule has 0 atom stereocenters. The maximum absolute atomic E-state index is 10.8. The van der Waals surface area contributed by atoms with Crippen molar-refractivity contribution in [1.82, 2.24) is 0 Å². The van der Waals surface area contributed by atoms with Crippen molar-refractivity contribution >= 4 is 39.4 Å². The van der Waals surface area contributed by atoms with Crippen LogP contribution in [0, 0.1) is 4.91 Å². The molecule has 1 amide bonds. The minimum absolute atomic E-state index is 0.710. The standard InChI is InChI=1S/C10H12N2O2S2/c1-7(15-10(13)11-14)6-8-4-5-9(16-8)12(2)3/h4-6H,1-3H3/b7-6-. The van der Waals surface area contributed by atoms with Gasteiger partial charge in [0.25, 0.3) is 0 Å². The van der Waals surface area contributed by atoms with Crippen molar-refractivity contribution in [3.8, 4) is 0 Å². The Kier molecular flexibility index (Phi) is 4.70. The number of nitrogens with zero attached hydrogens (tertiary/aromatic N) is 2. The van der Waals surface area contributed by atoms with Gasteiger partial charge in [0.2, 0.25) is 0 Å². The molecule has 0 aromatic carbocycles. The molecule has 0 radical (unpaired) electrons. The van der Waals surface area contributed by atoms with Gasteiger partial charge in [-0.25, -0.2) is 0 Å². The molecule has 4 nitrogen and oxygen atoms in total. The van der Waals surface area contributed by atoms with Crippen molar-refractivity contribution in [1.29, 1.82) is 0 Å². The number of anilines is 1. The van der Waals surface area contributed by atoms with E-state index in [1.165, 1.54) is 0 Å². The molecule has 1 rings (SSSR count). The van der Waals surface area contributed by atoms with Crippen LogP contribution in [0.15, 0.2) is 22.2 Å². The van der Waals surface area contributed by atoms with E-state index in [2.05, 4.69) is 5.18 Å². The topological polar surface area (TPSA) is 49.7 Å². The molecule has 0 aliphatic rings. The van der Waals surface area contributed by atoms with E-state index in [4.69, 9.17) is 0 Å². The van der Waals surface area contributed by atoms with Gasteiger partial charge in [-0.05, 0) is 41.8 Å². The van der Waals surface area contributed by atoms with Crippen LogP contribution in [-0.4, -0.2) is 19.3 Å². The summed E-state index contributed by atoms with van der Waals surface area (Å²) < 4.78 is 0. The Morgan fingerprint density at radius 1 is 1.50 bits per heavy atom. The third kappa shape index (κ3) is 3.79. The second kappa shape index (κ2) is 5.81. The first kappa shape index (κ1) is 12.9. The Bertz CT molecular complexity index is 424. The summed E-state index contributed by atoms with van der Waals surface area (Å²) in [7, 11) is 3.95. The second-order valence-corrected chi connectivity index (χ2v) is 5.58. The van der Waals surface area contributed by atoms with Gasteiger partial charge in [-0.1, -0.05) is 0 Å². The molecule has 0 N–H and O–H groups in total. The molecular weight excluding hydrogens is 244 g/mol. The van der Waals surface area contributed by atoms with E-state index in [1.807, 2.05) is 37.2 Å². The summed E-state index contributed by atoms with van der Waals surface area (Å²) in [6, 6.07) is 3.98. The van der Waals surface area contributed by atoms with Crippen molar-refractivity contribution in [2.24, 2.45) is 5.18 Å². The zero-order valence-electron chi connectivity index (χ0n) is 9.26. The highest BCUT2D eigenvalue weighted by Gasteiger charge is 2.04. The number of hydrogen-bond acceptors (Lipinski definition) is 5. The molecule has 6 heteroatoms. The Balaban J connectivity index is 2.74. The van der Waals surface area contributed by atoms with Gasteiger partial charge in [0.05, 0.1) is 5.00 Å². The van der Waals surface area contributed by atoms with E-state index in [9.17, 15) is 9.70 Å². The molecule has 0 saturated heterocycles. The average Bonchev–Trinajstić information content (AvgIpc) is 2.65. The SMILES string of the molecule is C/C(=C/c1ccc(N(C)C)s1)SC(=O)N=O. The van der Waals surface area contributed by atoms with E-state index in [0.29, 0.717) is 0 Å². The maximum atomic E-state index is 10.8. The van der Waals surface area contributed by atoms with Gasteiger partial charge in [-0.15, -0.1) is 16.2 Å². The van der Waals surface area contributed by atoms with Gasteiger partial charge in [0.15, 0.2) is 0 Å². The van der Waals surface area contributed by atoms with Crippen LogP contribution in [0.4, 0.5) is 9.80 Å². The molecule has 0 unspecified atom stereocenters. The molecule has 1 aromatic heterocycles. The van der Waals surface area contributed by atoms with Crippen LogP contribution in [0.25, 0.3) is 6.08 Å². The number of carbonyl (C=O) groups excluding carboxylic acids is 1. The van der Waals surface area contributed by atoms with E-state index in [1.54, 1.807) is 18.3 Å². The van der Waals surface area contributed by atoms with Gasteiger partial charge in [-0.2, -0.15) is 0 Å². The smallest absolute Gasteiger partial charge is 0.348 e. The fraction of sp³-hybridized carbons (Fsp3) is 0.300. The Morgan fingerprint density at radius 3 is 2.69 bits per heavy atom. The minimum atomic E-state index is -0.710. The van der Waals surface area contributed by atoms with Crippen molar-refractivity contribution in [3.05, 3.63) is 26.8 Å². The first-order valence-corrected chi connectivity index (χ1v) is 6.17. The zero-order valence-corrected chi connectivity index (χ0v) is 10.9. The summed E-state index contributed by atoms with van der Waals surface area (Å²) >= 11 is 2.47. The molecule has 0 aliphatic carbocycles. The van der Waals surface area contributed by atoms with Crippen molar-refractivity contribution < 1.29 is 4.79 Å². The van der Waals surface area contributed by atoms with Crippen LogP contribution in [0.2, 0.25) is 0 Å². The lowest BCUT2D eigenvalue weighted by Gasteiger charge is -2.06. The second-order valence-electron chi connectivity index (χ2n) is 3.28. The molecule has 16 heavy (non-hydrogen) atoms. The number of amides is 1. The number of rotatable bonds is 3. The summed E-state index contributed by atoms with van der Waals surface area (Å²) in [6.07, 6.45) is 1.87. The Morgan fingerprint density at radius 2 is 2.19 bits per heavy atom. The zero-order chi connectivity index (χ0) is 12.1. The molecule has 1 aromatic rings. The summed E-state index contributed by atoms with van der Waals surface area (Å²) in [5, 5.41) is 2.76. The minimum Gasteiger partial charge on any atom is -0.370 e. The fourth-order valence-electron chi connectivity index (χ4n) is 1.05. The maximum Gasteiger partial charge on any atom is 0.348 e. The summed E-state index contributed by atoms with van der Waals surface area (Å²) in [5.74, 6) is 0. The third-order valence-electron chi connectivity index (χ3n) is 1.72. The molecule has 86 valence electrons. The number of hydrogen-bond donors (Lipinski definition) is 0. The number of allylic oxidation sites excluding steroid dienone is 1. The van der Waals surface area contributed by atoms with Gasteiger partial charge in [0.1, 0.15) is 0 Å². The highest BCUT2D eigenvalue weighted by Crippen LogP contribution is 2.28. The van der Waals surface area contributed by atoms with E-state index in [0.717, 1.165) is 26.5 Å². The quantitative estimate of drug-likeness (QED) is 0.772. The summed E-state index contributed by atoms with van der Waals surface area (Å²) in [5.41, 5.74) is 0. The number of carbonyl (C=O) groups is 1. The largest absolute Gasteiger partial charge is 0.370 e. The highest BCUT2D eigenvalue weighted by atomic mass is 32.2. The van der Waals surface area contributed by atoms with Crippen molar-refractivity contribution in [2.45, 2.75) is 6.92 Å². The molecule has 0 spiro atoms. The molecule has 0 bridgehead atoms. The van der Waals surface area contributed by atoms with Gasteiger partial charge >= 0.3 is 5.24 Å². The molecule has 1 heterocycles. The van der Waals surface area contributed by atoms with Crippen LogP contribution < -0.4 is 4.90 Å². The molecule has 0 fully saturated rings. The van der Waals surface area contributed by atoms with Crippen molar-refractivity contribution in [3.63, 3.8) is 0 Å². The van der Waals surface area contributed by atoms with E-state index < -0.39 is 5.24 Å². The predicted octanol–water partition coefficient (Wildman–Crippen LogP) is 3.79. The predicted molar refractivity (Wildman–Crippen MR) is 71.1 cm³/mol. The Labute approximate surface area is 102 Å². The fourth-order valence-corrected chi connectivity index (χ4v) is 2.55. The first-order valence-electron chi connectivity index (χ1n) is 4.53. The lowest BCUT2D eigenvalue weighted by Crippen LogP contribution is -2.05. The third-order valence-corrected chi connectivity index (χ3v) is 3.61. The number of thiophene rings is 1. The molecular formula is C10H12N2O2S2. The van der Waals surface area contributed by atoms with Crippen molar-refractivity contribution in [2.75, 3.05) is 19.0 Å². The Hall–Kier alpha value is -1.14. The number of thioether (sulfide) groups is 1. The lowest BCUT2D eigenvalue weighted by molar-refractivity contribution is 0.267. The number of nitroso groups, excluding NO2 is 1.